The van der Waals surface area contributed by atoms with Gasteiger partial charge in [-0.2, -0.15) is 13.9 Å². The number of amides is 2. The summed E-state index contributed by atoms with van der Waals surface area (Å²) in [5, 5.41) is 17.2. The van der Waals surface area contributed by atoms with Crippen LogP contribution in [0.3, 0.4) is 0 Å². The minimum absolute atomic E-state index is 0.0960. The molecule has 4 heterocycles. The SMILES string of the molecule is CC(C)OC(=O)NC1CCC(c2ncc(-c3ccc(Br)cc3S(=O)(=O)N3CCC3)s2)CC1.CC(C)OC(=O)NC1CCC(c2ncc(-c3ccc(C#N)cc3S(=O)(=O)N3CCC3)s2)CC1. The average molecular weight is 1030 g/mol. The average Bonchev–Trinajstić information content (AvgIpc) is 3.91. The molecule has 2 N–H and O–H groups in total. The Kier molecular flexibility index (Phi) is 16.1. The number of nitriles is 1. The van der Waals surface area contributed by atoms with E-state index in [4.69, 9.17) is 9.47 Å². The topological polar surface area (TPSA) is 201 Å². The Morgan fingerprint density at radius 1 is 0.692 bits per heavy atom. The fourth-order valence-electron chi connectivity index (χ4n) is 8.26. The lowest BCUT2D eigenvalue weighted by Gasteiger charge is -2.30. The van der Waals surface area contributed by atoms with E-state index >= 15 is 0 Å². The highest BCUT2D eigenvalue weighted by molar-refractivity contribution is 9.10. The summed E-state index contributed by atoms with van der Waals surface area (Å²) >= 11 is 6.50. The lowest BCUT2D eigenvalue weighted by atomic mass is 9.86. The molecular weight excluding hydrogens is 975 g/mol. The summed E-state index contributed by atoms with van der Waals surface area (Å²) in [6, 6.07) is 12.5. The van der Waals surface area contributed by atoms with Gasteiger partial charge in [0.1, 0.15) is 0 Å². The Morgan fingerprint density at radius 3 is 1.49 bits per heavy atom. The summed E-state index contributed by atoms with van der Waals surface area (Å²) < 4.78 is 66.5. The fourth-order valence-corrected chi connectivity index (χ4v) is 14.6. The van der Waals surface area contributed by atoms with Crippen molar-refractivity contribution in [3.8, 4) is 27.0 Å². The van der Waals surface area contributed by atoms with Gasteiger partial charge in [-0.15, -0.1) is 22.7 Å². The lowest BCUT2D eigenvalue weighted by molar-refractivity contribution is 0.108. The molecule has 2 saturated heterocycles. The smallest absolute Gasteiger partial charge is 0.407 e. The van der Waals surface area contributed by atoms with Crippen LogP contribution in [0.5, 0.6) is 0 Å². The number of benzene rings is 2. The van der Waals surface area contributed by atoms with Crippen LogP contribution in [-0.4, -0.2) is 98.1 Å². The van der Waals surface area contributed by atoms with Crippen molar-refractivity contribution in [3.05, 3.63) is 68.8 Å². The maximum absolute atomic E-state index is 13.1. The molecule has 0 unspecified atom stereocenters. The number of sulfonamides is 2. The molecule has 2 aromatic carbocycles. The third-order valence-electron chi connectivity index (χ3n) is 12.0. The number of carbonyl (C=O) groups is 2. The van der Waals surface area contributed by atoms with E-state index in [-0.39, 0.29) is 47.3 Å². The second-order valence-corrected chi connectivity index (χ2v) is 24.3. The van der Waals surface area contributed by atoms with E-state index in [0.717, 1.165) is 88.5 Å². The van der Waals surface area contributed by atoms with Crippen LogP contribution in [0.2, 0.25) is 0 Å². The van der Waals surface area contributed by atoms with Gasteiger partial charge in [0.15, 0.2) is 0 Å². The highest BCUT2D eigenvalue weighted by Gasteiger charge is 2.35. The summed E-state index contributed by atoms with van der Waals surface area (Å²) in [7, 11) is -7.16. The summed E-state index contributed by atoms with van der Waals surface area (Å²) in [4.78, 5) is 35.1. The quantitative estimate of drug-likeness (QED) is 0.137. The van der Waals surface area contributed by atoms with Crippen LogP contribution < -0.4 is 10.6 Å². The van der Waals surface area contributed by atoms with Crippen LogP contribution in [0.1, 0.15) is 119 Å². The first-order valence-corrected chi connectivity index (χ1v) is 27.5. The molecule has 15 nitrogen and oxygen atoms in total. The monoisotopic (exact) mass is 1030 g/mol. The minimum Gasteiger partial charge on any atom is -0.447 e. The Bertz CT molecular complexity index is 2590. The molecule has 0 radical (unpaired) electrons. The molecule has 4 aromatic rings. The summed E-state index contributed by atoms with van der Waals surface area (Å²) in [5.74, 6) is 0.593. The normalized spacial score (nSPS) is 21.6. The van der Waals surface area contributed by atoms with Crippen LogP contribution in [0.4, 0.5) is 9.59 Å². The fraction of sp³-hybridized carbons (Fsp3) is 0.533. The van der Waals surface area contributed by atoms with E-state index in [2.05, 4.69) is 36.5 Å². The van der Waals surface area contributed by atoms with Crippen molar-refractivity contribution in [1.82, 2.24) is 29.2 Å². The maximum atomic E-state index is 13.1. The highest BCUT2D eigenvalue weighted by atomic mass is 79.9. The third kappa shape index (κ3) is 12.0. The van der Waals surface area contributed by atoms with Crippen molar-refractivity contribution < 1.29 is 35.9 Å². The Labute approximate surface area is 398 Å². The highest BCUT2D eigenvalue weighted by Crippen LogP contribution is 2.42. The van der Waals surface area contributed by atoms with Gasteiger partial charge < -0.3 is 20.1 Å². The number of hydrogen-bond acceptors (Lipinski definition) is 13. The number of aromatic nitrogens is 2. The van der Waals surface area contributed by atoms with Gasteiger partial charge in [-0.1, -0.05) is 28.1 Å². The largest absolute Gasteiger partial charge is 0.447 e. The van der Waals surface area contributed by atoms with E-state index < -0.39 is 20.0 Å². The molecule has 0 atom stereocenters. The molecule has 2 aromatic heterocycles. The molecular formula is C45H56BrN7O8S4. The molecule has 8 rings (SSSR count). The summed E-state index contributed by atoms with van der Waals surface area (Å²) in [5.41, 5.74) is 1.62. The van der Waals surface area contributed by atoms with E-state index in [9.17, 15) is 31.7 Å². The van der Waals surface area contributed by atoms with Crippen molar-refractivity contribution in [1.29, 1.82) is 5.26 Å². The first-order valence-electron chi connectivity index (χ1n) is 22.2. The van der Waals surface area contributed by atoms with E-state index in [0.29, 0.717) is 53.7 Å². The maximum Gasteiger partial charge on any atom is 0.407 e. The predicted molar refractivity (Wildman–Crippen MR) is 254 cm³/mol. The second kappa shape index (κ2) is 21.3. The molecule has 0 bridgehead atoms. The zero-order chi connectivity index (χ0) is 46.5. The zero-order valence-electron chi connectivity index (χ0n) is 37.0. The summed E-state index contributed by atoms with van der Waals surface area (Å²) in [6.45, 7) is 9.48. The van der Waals surface area contributed by atoms with Crippen molar-refractivity contribution in [3.63, 3.8) is 0 Å². The predicted octanol–water partition coefficient (Wildman–Crippen LogP) is 9.36. The van der Waals surface area contributed by atoms with Crippen molar-refractivity contribution in [2.24, 2.45) is 0 Å². The lowest BCUT2D eigenvalue weighted by Crippen LogP contribution is -2.42. The number of hydrogen-bond donors (Lipinski definition) is 2. The van der Waals surface area contributed by atoms with E-state index in [1.165, 1.54) is 26.0 Å². The first-order chi connectivity index (χ1) is 31.0. The molecule has 4 fully saturated rings. The number of nitrogens with zero attached hydrogens (tertiary/aromatic N) is 5. The third-order valence-corrected chi connectivity index (χ3v) is 18.7. The Morgan fingerprint density at radius 2 is 1.11 bits per heavy atom. The number of thiazole rings is 2. The van der Waals surface area contributed by atoms with Gasteiger partial charge in [0.2, 0.25) is 20.0 Å². The number of ether oxygens (including phenoxy) is 2. The standard InChI is InChI=1S/C23H28N4O4S2.C22H28BrN3O4S2/c1-15(2)31-23(28)26-18-7-5-17(6-8-18)22-25-14-20(32-22)19-9-4-16(13-24)12-21(19)33(29,30)27-10-3-11-27;1-14(2)30-22(27)25-17-7-4-15(5-8-17)21-24-13-19(31-21)18-9-6-16(23)12-20(18)32(28,29)26-10-3-11-26/h4,9,12,14-15,17-18H,3,5-8,10-11H2,1-2H3,(H,26,28);6,9,12-15,17H,3-5,7-8,10-11H2,1-2H3,(H,25,27). The van der Waals surface area contributed by atoms with Gasteiger partial charge >= 0.3 is 12.2 Å². The molecule has 20 heteroatoms. The minimum atomic E-state index is -3.65. The Hall–Kier alpha value is -3.97. The van der Waals surface area contributed by atoms with Gasteiger partial charge in [0, 0.05) is 78.1 Å². The molecule has 0 spiro atoms. The van der Waals surface area contributed by atoms with E-state index in [1.807, 2.05) is 45.9 Å². The molecule has 350 valence electrons. The van der Waals surface area contributed by atoms with Crippen LogP contribution in [-0.2, 0) is 29.5 Å². The number of carbonyl (C=O) groups excluding carboxylic acids is 2. The van der Waals surface area contributed by atoms with Crippen LogP contribution >= 0.6 is 38.6 Å². The van der Waals surface area contributed by atoms with Gasteiger partial charge in [-0.3, -0.25) is 0 Å². The molecule has 2 saturated carbocycles. The van der Waals surface area contributed by atoms with Gasteiger partial charge in [-0.05, 0) is 116 Å². The number of alkyl carbamates (subject to hydrolysis) is 2. The number of nitrogens with one attached hydrogen (secondary N) is 2. The second-order valence-electron chi connectivity index (χ2n) is 17.4. The van der Waals surface area contributed by atoms with Crippen molar-refractivity contribution in [2.75, 3.05) is 26.2 Å². The number of halogens is 1. The number of rotatable bonds is 12. The van der Waals surface area contributed by atoms with Crippen molar-refractivity contribution >= 4 is 70.8 Å². The van der Waals surface area contributed by atoms with Crippen LogP contribution in [0.25, 0.3) is 20.9 Å². The summed E-state index contributed by atoms with van der Waals surface area (Å²) in [6.07, 6.45) is 11.4. The molecule has 2 aliphatic carbocycles. The van der Waals surface area contributed by atoms with Crippen molar-refractivity contribution in [2.45, 2.75) is 138 Å². The molecule has 2 aliphatic heterocycles. The van der Waals surface area contributed by atoms with Gasteiger partial charge in [0.05, 0.1) is 53.4 Å². The first kappa shape index (κ1) is 48.9. The molecule has 65 heavy (non-hydrogen) atoms. The van der Waals surface area contributed by atoms with E-state index in [1.54, 1.807) is 41.9 Å². The zero-order valence-corrected chi connectivity index (χ0v) is 41.8. The Balaban J connectivity index is 0.000000194. The molecule has 4 aliphatic rings. The molecule has 2 amide bonds. The van der Waals surface area contributed by atoms with Crippen LogP contribution in [0.15, 0.2) is 63.1 Å². The van der Waals surface area contributed by atoms with Crippen LogP contribution in [0, 0.1) is 11.3 Å². The van der Waals surface area contributed by atoms with Gasteiger partial charge in [0.25, 0.3) is 0 Å². The van der Waals surface area contributed by atoms with Gasteiger partial charge in [-0.25, -0.2) is 36.4 Å².